The third-order valence-electron chi connectivity index (χ3n) is 5.37. The molecule has 0 amide bonds. The molecule has 5 heteroatoms. The van der Waals surface area contributed by atoms with E-state index in [9.17, 15) is 4.39 Å². The van der Waals surface area contributed by atoms with Crippen molar-refractivity contribution in [3.8, 4) is 11.1 Å². The van der Waals surface area contributed by atoms with E-state index in [1.54, 1.807) is 0 Å². The van der Waals surface area contributed by atoms with Gasteiger partial charge in [-0.25, -0.2) is 4.39 Å². The Morgan fingerprint density at radius 2 is 1.81 bits per heavy atom. The highest BCUT2D eigenvalue weighted by atomic mass is 35.5. The van der Waals surface area contributed by atoms with Crippen LogP contribution in [0, 0.1) is 6.92 Å². The Balaban J connectivity index is 2.00. The first-order valence-electron chi connectivity index (χ1n) is 9.66. The number of hydrogen-bond acceptors (Lipinski definition) is 3. The molecule has 0 aliphatic carbocycles. The predicted octanol–water partition coefficient (Wildman–Crippen LogP) is 4.85. The third-order valence-corrected chi connectivity index (χ3v) is 5.79. The van der Waals surface area contributed by atoms with Crippen molar-refractivity contribution >= 4 is 17.3 Å². The zero-order chi connectivity index (χ0) is 19.4. The number of anilines is 1. The summed E-state index contributed by atoms with van der Waals surface area (Å²) in [5.74, 6) is 0. The maximum atomic E-state index is 14.7. The van der Waals surface area contributed by atoms with Gasteiger partial charge < -0.3 is 10.0 Å². The van der Waals surface area contributed by atoms with Crippen LogP contribution >= 0.6 is 11.6 Å². The molecular weight excluding hydrogens is 363 g/mol. The number of halogens is 2. The Labute approximate surface area is 166 Å². The molecule has 0 radical (unpaired) electrons. The zero-order valence-electron chi connectivity index (χ0n) is 16.1. The Morgan fingerprint density at radius 3 is 2.44 bits per heavy atom. The lowest BCUT2D eigenvalue weighted by atomic mass is 9.95. The van der Waals surface area contributed by atoms with Gasteiger partial charge in [-0.15, -0.1) is 0 Å². The number of β-amino-alcohol motifs (C(OH)–C–C–N with tert-alkyl or cyclic N) is 1. The van der Waals surface area contributed by atoms with E-state index in [2.05, 4.69) is 28.9 Å². The van der Waals surface area contributed by atoms with E-state index in [0.717, 1.165) is 48.6 Å². The van der Waals surface area contributed by atoms with Crippen molar-refractivity contribution in [1.82, 2.24) is 4.90 Å². The van der Waals surface area contributed by atoms with Gasteiger partial charge in [0.25, 0.3) is 0 Å². The highest BCUT2D eigenvalue weighted by Gasteiger charge is 2.22. The molecule has 0 spiro atoms. The molecule has 1 heterocycles. The van der Waals surface area contributed by atoms with E-state index in [1.807, 2.05) is 31.2 Å². The number of aliphatic hydroxyl groups excluding tert-OH is 1. The van der Waals surface area contributed by atoms with Crippen LogP contribution in [0.1, 0.15) is 30.6 Å². The number of benzene rings is 2. The molecule has 0 saturated carbocycles. The van der Waals surface area contributed by atoms with Crippen molar-refractivity contribution in [2.24, 2.45) is 0 Å². The molecule has 1 aliphatic heterocycles. The summed E-state index contributed by atoms with van der Waals surface area (Å²) >= 11 is 6.67. The Kier molecular flexibility index (Phi) is 6.74. The molecule has 1 unspecified atom stereocenters. The summed E-state index contributed by atoms with van der Waals surface area (Å²) < 4.78 is 14.7. The second-order valence-electron chi connectivity index (χ2n) is 7.14. The van der Waals surface area contributed by atoms with Crippen LogP contribution in [0.5, 0.6) is 0 Å². The minimum absolute atomic E-state index is 0.183. The normalized spacial score (nSPS) is 16.6. The second kappa shape index (κ2) is 9.05. The first-order chi connectivity index (χ1) is 13.0. The van der Waals surface area contributed by atoms with Gasteiger partial charge in [0.05, 0.1) is 11.6 Å². The van der Waals surface area contributed by atoms with E-state index in [4.69, 9.17) is 16.7 Å². The van der Waals surface area contributed by atoms with Crippen molar-refractivity contribution in [2.75, 3.05) is 44.2 Å². The topological polar surface area (TPSA) is 26.7 Å². The number of aliphatic hydroxyl groups is 1. The maximum absolute atomic E-state index is 14.7. The largest absolute Gasteiger partial charge is 0.395 e. The van der Waals surface area contributed by atoms with E-state index in [0.29, 0.717) is 23.6 Å². The van der Waals surface area contributed by atoms with Crippen molar-refractivity contribution < 1.29 is 9.50 Å². The summed E-state index contributed by atoms with van der Waals surface area (Å²) in [5, 5.41) is 9.65. The highest BCUT2D eigenvalue weighted by Crippen LogP contribution is 2.40. The van der Waals surface area contributed by atoms with Crippen molar-refractivity contribution in [3.05, 3.63) is 52.5 Å². The van der Waals surface area contributed by atoms with Crippen LogP contribution < -0.4 is 4.90 Å². The fraction of sp³-hybridized carbons (Fsp3) is 0.455. The van der Waals surface area contributed by atoms with Gasteiger partial charge in [-0.2, -0.15) is 0 Å². The maximum Gasteiger partial charge on any atom is 0.126 e. The van der Waals surface area contributed by atoms with Gasteiger partial charge in [-0.05, 0) is 36.6 Å². The first-order valence-corrected chi connectivity index (χ1v) is 10.0. The standard InChI is InChI=1S/C22H28ClFN2O/c1-3-21(24)20-15-17(26-10-8-25(9-11-26)12-13-27)14-19(22(20)23)18-7-5-4-6-16(18)2/h4-7,14-15,21,27H,3,8-13H2,1-2H3. The quantitative estimate of drug-likeness (QED) is 0.763. The summed E-state index contributed by atoms with van der Waals surface area (Å²) in [6.45, 7) is 8.29. The zero-order valence-corrected chi connectivity index (χ0v) is 16.8. The Morgan fingerprint density at radius 1 is 1.11 bits per heavy atom. The average molecular weight is 391 g/mol. The minimum Gasteiger partial charge on any atom is -0.395 e. The molecule has 27 heavy (non-hydrogen) atoms. The summed E-state index contributed by atoms with van der Waals surface area (Å²) in [5.41, 5.74) is 4.67. The summed E-state index contributed by atoms with van der Waals surface area (Å²) in [6, 6.07) is 12.1. The van der Waals surface area contributed by atoms with Crippen LogP contribution in [0.15, 0.2) is 36.4 Å². The van der Waals surface area contributed by atoms with Crippen LogP contribution in [-0.2, 0) is 0 Å². The smallest absolute Gasteiger partial charge is 0.126 e. The molecule has 1 fully saturated rings. The van der Waals surface area contributed by atoms with E-state index in [1.165, 1.54) is 0 Å². The van der Waals surface area contributed by atoms with Gasteiger partial charge in [-0.1, -0.05) is 42.8 Å². The number of nitrogens with zero attached hydrogens (tertiary/aromatic N) is 2. The van der Waals surface area contributed by atoms with Gasteiger partial charge in [0.1, 0.15) is 6.17 Å². The van der Waals surface area contributed by atoms with Gasteiger partial charge in [-0.3, -0.25) is 4.90 Å². The summed E-state index contributed by atoms with van der Waals surface area (Å²) in [6.07, 6.45) is -0.670. The summed E-state index contributed by atoms with van der Waals surface area (Å²) in [4.78, 5) is 4.54. The van der Waals surface area contributed by atoms with E-state index >= 15 is 0 Å². The third kappa shape index (κ3) is 4.45. The lowest BCUT2D eigenvalue weighted by molar-refractivity contribution is 0.189. The molecule has 3 nitrogen and oxygen atoms in total. The first kappa shape index (κ1) is 20.1. The molecule has 0 bridgehead atoms. The molecule has 1 saturated heterocycles. The van der Waals surface area contributed by atoms with Crippen LogP contribution in [0.25, 0.3) is 11.1 Å². The molecule has 2 aromatic rings. The fourth-order valence-corrected chi connectivity index (χ4v) is 4.03. The molecule has 2 aromatic carbocycles. The predicted molar refractivity (Wildman–Crippen MR) is 112 cm³/mol. The number of rotatable bonds is 6. The molecule has 1 atom stereocenters. The van der Waals surface area contributed by atoms with E-state index in [-0.39, 0.29) is 6.61 Å². The fourth-order valence-electron chi connectivity index (χ4n) is 3.70. The molecule has 1 aliphatic rings. The number of hydrogen-bond donors (Lipinski definition) is 1. The summed E-state index contributed by atoms with van der Waals surface area (Å²) in [7, 11) is 0. The lowest BCUT2D eigenvalue weighted by Gasteiger charge is -2.36. The molecular formula is C22H28ClFN2O. The van der Waals surface area contributed by atoms with Crippen molar-refractivity contribution in [2.45, 2.75) is 26.4 Å². The van der Waals surface area contributed by atoms with Crippen molar-refractivity contribution in [3.63, 3.8) is 0 Å². The minimum atomic E-state index is -1.07. The van der Waals surface area contributed by atoms with Gasteiger partial charge >= 0.3 is 0 Å². The van der Waals surface area contributed by atoms with Gasteiger partial charge in [0.15, 0.2) is 0 Å². The second-order valence-corrected chi connectivity index (χ2v) is 7.52. The molecule has 0 aromatic heterocycles. The molecule has 1 N–H and O–H groups in total. The molecule has 3 rings (SSSR count). The van der Waals surface area contributed by atoms with Gasteiger partial charge in [0.2, 0.25) is 0 Å². The van der Waals surface area contributed by atoms with Crippen molar-refractivity contribution in [1.29, 1.82) is 0 Å². The lowest BCUT2D eigenvalue weighted by Crippen LogP contribution is -2.47. The van der Waals surface area contributed by atoms with Crippen LogP contribution in [0.2, 0.25) is 5.02 Å². The van der Waals surface area contributed by atoms with E-state index < -0.39 is 6.17 Å². The SMILES string of the molecule is CCC(F)c1cc(N2CCN(CCO)CC2)cc(-c2ccccc2C)c1Cl. The molecule has 146 valence electrons. The highest BCUT2D eigenvalue weighted by molar-refractivity contribution is 6.34. The van der Waals surface area contributed by atoms with Gasteiger partial charge in [0, 0.05) is 49.5 Å². The number of alkyl halides is 1. The Bertz CT molecular complexity index is 775. The van der Waals surface area contributed by atoms with Crippen LogP contribution in [-0.4, -0.2) is 49.3 Å². The van der Waals surface area contributed by atoms with Crippen LogP contribution in [0.4, 0.5) is 10.1 Å². The number of piperazine rings is 1. The monoisotopic (exact) mass is 390 g/mol. The number of aryl methyl sites for hydroxylation is 1. The Hall–Kier alpha value is -1.62. The van der Waals surface area contributed by atoms with Crippen LogP contribution in [0.3, 0.4) is 0 Å². The average Bonchev–Trinajstić information content (AvgIpc) is 2.69.